The average Bonchev–Trinajstić information content (AvgIpc) is 2.51. The lowest BCUT2D eigenvalue weighted by molar-refractivity contribution is 0.826. The Morgan fingerprint density at radius 2 is 1.93 bits per heavy atom. The highest BCUT2D eigenvalue weighted by Gasteiger charge is 2.10. The predicted molar refractivity (Wildman–Crippen MR) is 58.9 cm³/mol. The maximum absolute atomic E-state index is 5.90. The summed E-state index contributed by atoms with van der Waals surface area (Å²) in [5, 5.41) is 5.15. The quantitative estimate of drug-likeness (QED) is 0.743. The van der Waals surface area contributed by atoms with E-state index < -0.39 is 0 Å². The zero-order valence-electron chi connectivity index (χ0n) is 7.58. The van der Waals surface area contributed by atoms with Gasteiger partial charge in [-0.15, -0.1) is 0 Å². The number of hydrogen-bond donors (Lipinski definition) is 0. The molecule has 4 nitrogen and oxygen atoms in total. The number of halogens is 3. The van der Waals surface area contributed by atoms with E-state index in [0.29, 0.717) is 21.6 Å². The highest BCUT2D eigenvalue weighted by Crippen LogP contribution is 2.21. The van der Waals surface area contributed by atoms with E-state index in [1.807, 2.05) is 0 Å². The molecule has 0 unspecified atom stereocenters. The SMILES string of the molecule is Cc1nn(-c2nc(Cl)ncc2Cl)cc1Cl. The lowest BCUT2D eigenvalue weighted by atomic mass is 10.5. The molecule has 78 valence electrons. The largest absolute Gasteiger partial charge is 0.225 e. The first kappa shape index (κ1) is 10.7. The zero-order valence-corrected chi connectivity index (χ0v) is 9.85. The highest BCUT2D eigenvalue weighted by molar-refractivity contribution is 6.33. The molecule has 0 saturated carbocycles. The lowest BCUT2D eigenvalue weighted by Crippen LogP contribution is -2.00. The first-order valence-electron chi connectivity index (χ1n) is 3.98. The maximum Gasteiger partial charge on any atom is 0.224 e. The molecule has 0 fully saturated rings. The Hall–Kier alpha value is -0.840. The van der Waals surface area contributed by atoms with Gasteiger partial charge in [-0.05, 0) is 18.5 Å². The third kappa shape index (κ3) is 2.07. The van der Waals surface area contributed by atoms with E-state index in [1.54, 1.807) is 13.1 Å². The minimum atomic E-state index is 0.110. The highest BCUT2D eigenvalue weighted by atomic mass is 35.5. The van der Waals surface area contributed by atoms with E-state index in [4.69, 9.17) is 34.8 Å². The Kier molecular flexibility index (Phi) is 2.82. The summed E-state index contributed by atoms with van der Waals surface area (Å²) in [7, 11) is 0. The van der Waals surface area contributed by atoms with Gasteiger partial charge in [-0.25, -0.2) is 9.67 Å². The summed E-state index contributed by atoms with van der Waals surface area (Å²) >= 11 is 17.4. The first-order valence-corrected chi connectivity index (χ1v) is 5.11. The van der Waals surface area contributed by atoms with E-state index in [9.17, 15) is 0 Å². The normalized spacial score (nSPS) is 10.7. The van der Waals surface area contributed by atoms with Crippen molar-refractivity contribution in [1.29, 1.82) is 0 Å². The molecule has 0 saturated heterocycles. The molecule has 0 amide bonds. The minimum absolute atomic E-state index is 0.110. The van der Waals surface area contributed by atoms with Gasteiger partial charge in [0.15, 0.2) is 5.82 Å². The number of nitrogens with zero attached hydrogens (tertiary/aromatic N) is 4. The summed E-state index contributed by atoms with van der Waals surface area (Å²) in [5.41, 5.74) is 0.697. The third-order valence-corrected chi connectivity index (χ3v) is 2.57. The fourth-order valence-electron chi connectivity index (χ4n) is 1.05. The minimum Gasteiger partial charge on any atom is -0.225 e. The summed E-state index contributed by atoms with van der Waals surface area (Å²) in [4.78, 5) is 7.70. The number of aryl methyl sites for hydroxylation is 1. The van der Waals surface area contributed by atoms with Crippen LogP contribution in [0.3, 0.4) is 0 Å². The van der Waals surface area contributed by atoms with Crippen LogP contribution in [0.1, 0.15) is 5.69 Å². The molecule has 2 aromatic heterocycles. The topological polar surface area (TPSA) is 43.6 Å². The van der Waals surface area contributed by atoms with Crippen molar-refractivity contribution in [1.82, 2.24) is 19.7 Å². The fraction of sp³-hybridized carbons (Fsp3) is 0.125. The van der Waals surface area contributed by atoms with Gasteiger partial charge in [0.05, 0.1) is 23.1 Å². The molecule has 0 aromatic carbocycles. The molecule has 0 aliphatic rings. The van der Waals surface area contributed by atoms with Crippen molar-refractivity contribution in [2.24, 2.45) is 0 Å². The summed E-state index contributed by atoms with van der Waals surface area (Å²) in [6, 6.07) is 0. The Bertz CT molecular complexity index is 489. The third-order valence-electron chi connectivity index (χ3n) is 1.75. The van der Waals surface area contributed by atoms with Crippen LogP contribution in [0.25, 0.3) is 5.82 Å². The van der Waals surface area contributed by atoms with E-state index >= 15 is 0 Å². The zero-order chi connectivity index (χ0) is 11.0. The van der Waals surface area contributed by atoms with Crippen LogP contribution in [0.5, 0.6) is 0 Å². The van der Waals surface area contributed by atoms with E-state index in [0.717, 1.165) is 0 Å². The molecule has 15 heavy (non-hydrogen) atoms. The van der Waals surface area contributed by atoms with E-state index in [1.165, 1.54) is 10.9 Å². The van der Waals surface area contributed by atoms with Crippen molar-refractivity contribution < 1.29 is 0 Å². The molecule has 2 heterocycles. The molecule has 2 rings (SSSR count). The summed E-state index contributed by atoms with van der Waals surface area (Å²) in [6.07, 6.45) is 3.03. The van der Waals surface area contributed by atoms with Crippen molar-refractivity contribution in [3.8, 4) is 5.82 Å². The van der Waals surface area contributed by atoms with Crippen LogP contribution in [0.15, 0.2) is 12.4 Å². The molecule has 7 heteroatoms. The molecule has 0 N–H and O–H groups in total. The van der Waals surface area contributed by atoms with Crippen molar-refractivity contribution in [2.45, 2.75) is 6.92 Å². The monoisotopic (exact) mass is 262 g/mol. The molecule has 0 aliphatic carbocycles. The average molecular weight is 264 g/mol. The van der Waals surface area contributed by atoms with Crippen LogP contribution in [-0.4, -0.2) is 19.7 Å². The second-order valence-corrected chi connectivity index (χ2v) is 3.97. The number of aromatic nitrogens is 4. The lowest BCUT2D eigenvalue weighted by Gasteiger charge is -2.01. The molecule has 0 bridgehead atoms. The molecular weight excluding hydrogens is 258 g/mol. The summed E-state index contributed by atoms with van der Waals surface area (Å²) in [6.45, 7) is 1.79. The van der Waals surface area contributed by atoms with Gasteiger partial charge in [0.2, 0.25) is 5.28 Å². The Balaban J connectivity index is 2.58. The standard InChI is InChI=1S/C8H5Cl3N4/c1-4-6(10)3-15(14-4)7-5(9)2-12-8(11)13-7/h2-3H,1H3. The second-order valence-electron chi connectivity index (χ2n) is 2.82. The van der Waals surface area contributed by atoms with Gasteiger partial charge in [0.1, 0.15) is 5.02 Å². The molecule has 0 aliphatic heterocycles. The molecular formula is C8H5Cl3N4. The Labute approximate surface area is 101 Å². The fourth-order valence-corrected chi connectivity index (χ4v) is 1.48. The van der Waals surface area contributed by atoms with Gasteiger partial charge in [-0.2, -0.15) is 10.1 Å². The van der Waals surface area contributed by atoms with Crippen LogP contribution >= 0.6 is 34.8 Å². The Morgan fingerprint density at radius 3 is 2.53 bits per heavy atom. The van der Waals surface area contributed by atoms with Gasteiger partial charge in [-0.3, -0.25) is 0 Å². The van der Waals surface area contributed by atoms with Crippen LogP contribution in [-0.2, 0) is 0 Å². The number of hydrogen-bond acceptors (Lipinski definition) is 3. The van der Waals surface area contributed by atoms with Gasteiger partial charge >= 0.3 is 0 Å². The van der Waals surface area contributed by atoms with Crippen molar-refractivity contribution in [3.63, 3.8) is 0 Å². The number of rotatable bonds is 1. The molecule has 0 atom stereocenters. The van der Waals surface area contributed by atoms with Crippen LogP contribution in [0.4, 0.5) is 0 Å². The van der Waals surface area contributed by atoms with E-state index in [-0.39, 0.29) is 5.28 Å². The second kappa shape index (κ2) is 3.96. The molecule has 2 aromatic rings. The van der Waals surface area contributed by atoms with Crippen molar-refractivity contribution in [2.75, 3.05) is 0 Å². The van der Waals surface area contributed by atoms with E-state index in [2.05, 4.69) is 15.1 Å². The van der Waals surface area contributed by atoms with Gasteiger partial charge in [-0.1, -0.05) is 23.2 Å². The molecule has 0 radical (unpaired) electrons. The van der Waals surface area contributed by atoms with Crippen molar-refractivity contribution >= 4 is 34.8 Å². The Morgan fingerprint density at radius 1 is 1.20 bits per heavy atom. The van der Waals surface area contributed by atoms with Gasteiger partial charge < -0.3 is 0 Å². The van der Waals surface area contributed by atoms with Crippen LogP contribution in [0, 0.1) is 6.92 Å². The van der Waals surface area contributed by atoms with Gasteiger partial charge in [0, 0.05) is 0 Å². The molecule has 0 spiro atoms. The van der Waals surface area contributed by atoms with Crippen LogP contribution < -0.4 is 0 Å². The smallest absolute Gasteiger partial charge is 0.224 e. The first-order chi connectivity index (χ1) is 7.08. The van der Waals surface area contributed by atoms with Crippen LogP contribution in [0.2, 0.25) is 15.3 Å². The maximum atomic E-state index is 5.90. The van der Waals surface area contributed by atoms with Crippen molar-refractivity contribution in [3.05, 3.63) is 33.4 Å². The van der Waals surface area contributed by atoms with Gasteiger partial charge in [0.25, 0.3) is 0 Å². The summed E-state index contributed by atoms with van der Waals surface area (Å²) in [5.74, 6) is 0.409. The summed E-state index contributed by atoms with van der Waals surface area (Å²) < 4.78 is 1.47. The predicted octanol–water partition coefficient (Wildman–Crippen LogP) is 2.93.